The average molecular weight is 287 g/mol. The van der Waals surface area contributed by atoms with E-state index in [2.05, 4.69) is 4.98 Å². The van der Waals surface area contributed by atoms with Crippen molar-refractivity contribution >= 4 is 23.1 Å². The van der Waals surface area contributed by atoms with Gasteiger partial charge in [0.2, 0.25) is 0 Å². The molecular weight excluding hydrogens is 276 g/mol. The third-order valence-corrected chi connectivity index (χ3v) is 3.43. The second-order valence-corrected chi connectivity index (χ2v) is 4.90. The minimum Gasteiger partial charge on any atom is -0.478 e. The summed E-state index contributed by atoms with van der Waals surface area (Å²) in [5.74, 6) is -0.388. The highest BCUT2D eigenvalue weighted by Gasteiger charge is 2.17. The van der Waals surface area contributed by atoms with Crippen molar-refractivity contribution in [3.8, 4) is 11.4 Å². The molecule has 0 aliphatic carbocycles. The molecule has 0 aliphatic rings. The number of imidazole rings is 1. The summed E-state index contributed by atoms with van der Waals surface area (Å²) in [6.45, 7) is 2.00. The molecule has 4 nitrogen and oxygen atoms in total. The molecular formula is C15H11ClN2O2. The van der Waals surface area contributed by atoms with Gasteiger partial charge in [-0.15, -0.1) is 0 Å². The number of carboxylic acids is 1. The number of halogens is 1. The van der Waals surface area contributed by atoms with Gasteiger partial charge in [-0.2, -0.15) is 0 Å². The highest BCUT2D eigenvalue weighted by atomic mass is 35.5. The molecule has 2 aromatic heterocycles. The minimum absolute atomic E-state index is 0.142. The summed E-state index contributed by atoms with van der Waals surface area (Å²) in [7, 11) is 0. The third kappa shape index (κ3) is 1.94. The lowest BCUT2D eigenvalue weighted by Gasteiger charge is -2.03. The summed E-state index contributed by atoms with van der Waals surface area (Å²) in [5, 5.41) is 9.42. The van der Waals surface area contributed by atoms with Gasteiger partial charge in [0.1, 0.15) is 5.82 Å². The first-order valence-electron chi connectivity index (χ1n) is 6.05. The highest BCUT2D eigenvalue weighted by Crippen LogP contribution is 2.28. The molecule has 1 N–H and O–H groups in total. The Hall–Kier alpha value is -2.33. The fourth-order valence-corrected chi connectivity index (χ4v) is 2.45. The maximum atomic E-state index is 11.3. The molecule has 0 aliphatic heterocycles. The SMILES string of the molecule is Cc1ccc(-c2nc(Cl)c3c(C(=O)O)cccn23)cc1. The van der Waals surface area contributed by atoms with Crippen molar-refractivity contribution < 1.29 is 9.90 Å². The fraction of sp³-hybridized carbons (Fsp3) is 0.0667. The summed E-state index contributed by atoms with van der Waals surface area (Å²) in [6.07, 6.45) is 1.76. The smallest absolute Gasteiger partial charge is 0.337 e. The molecule has 0 saturated heterocycles. The van der Waals surface area contributed by atoms with Crippen LogP contribution in [-0.4, -0.2) is 20.5 Å². The first-order valence-corrected chi connectivity index (χ1v) is 6.42. The predicted molar refractivity (Wildman–Crippen MR) is 77.3 cm³/mol. The van der Waals surface area contributed by atoms with E-state index in [0.29, 0.717) is 11.3 Å². The lowest BCUT2D eigenvalue weighted by molar-refractivity contribution is 0.0698. The van der Waals surface area contributed by atoms with E-state index in [-0.39, 0.29) is 10.7 Å². The quantitative estimate of drug-likeness (QED) is 0.782. The Morgan fingerprint density at radius 2 is 1.95 bits per heavy atom. The molecule has 3 rings (SSSR count). The van der Waals surface area contributed by atoms with E-state index >= 15 is 0 Å². The van der Waals surface area contributed by atoms with E-state index in [4.69, 9.17) is 11.6 Å². The Bertz CT molecular complexity index is 807. The lowest BCUT2D eigenvalue weighted by Crippen LogP contribution is -2.00. The molecule has 0 fully saturated rings. The van der Waals surface area contributed by atoms with Crippen LogP contribution in [0.5, 0.6) is 0 Å². The van der Waals surface area contributed by atoms with Crippen LogP contribution in [0.15, 0.2) is 42.6 Å². The van der Waals surface area contributed by atoms with Crippen molar-refractivity contribution in [2.24, 2.45) is 0 Å². The first kappa shape index (κ1) is 12.7. The zero-order valence-electron chi connectivity index (χ0n) is 10.7. The lowest BCUT2D eigenvalue weighted by atomic mass is 10.1. The minimum atomic E-state index is -1.02. The van der Waals surface area contributed by atoms with Crippen molar-refractivity contribution in [2.45, 2.75) is 6.92 Å². The van der Waals surface area contributed by atoms with Gasteiger partial charge in [-0.3, -0.25) is 4.40 Å². The Labute approximate surface area is 120 Å². The standard InChI is InChI=1S/C15H11ClN2O2/c1-9-4-6-10(7-5-9)14-17-13(16)12-11(15(19)20)3-2-8-18(12)14/h2-8H,1H3,(H,19,20). The molecule has 2 heterocycles. The molecule has 0 spiro atoms. The summed E-state index contributed by atoms with van der Waals surface area (Å²) in [6, 6.07) is 11.0. The van der Waals surface area contributed by atoms with Crippen molar-refractivity contribution in [1.29, 1.82) is 0 Å². The van der Waals surface area contributed by atoms with E-state index in [1.165, 1.54) is 6.07 Å². The van der Waals surface area contributed by atoms with Gasteiger partial charge >= 0.3 is 5.97 Å². The molecule has 3 aromatic rings. The van der Waals surface area contributed by atoms with Crippen LogP contribution in [0.4, 0.5) is 0 Å². The van der Waals surface area contributed by atoms with Crippen LogP contribution in [0, 0.1) is 6.92 Å². The van der Waals surface area contributed by atoms with Gasteiger partial charge in [-0.25, -0.2) is 9.78 Å². The van der Waals surface area contributed by atoms with Gasteiger partial charge in [-0.1, -0.05) is 41.4 Å². The molecule has 20 heavy (non-hydrogen) atoms. The molecule has 0 atom stereocenters. The second kappa shape index (κ2) is 4.65. The van der Waals surface area contributed by atoms with Crippen molar-refractivity contribution in [2.75, 3.05) is 0 Å². The Kier molecular flexibility index (Phi) is 2.95. The number of fused-ring (bicyclic) bond motifs is 1. The molecule has 100 valence electrons. The Morgan fingerprint density at radius 1 is 1.25 bits per heavy atom. The van der Waals surface area contributed by atoms with Crippen molar-refractivity contribution in [3.63, 3.8) is 0 Å². The van der Waals surface area contributed by atoms with Gasteiger partial charge in [0, 0.05) is 11.8 Å². The summed E-state index contributed by atoms with van der Waals surface area (Å²) in [4.78, 5) is 15.6. The molecule has 1 aromatic carbocycles. The normalized spacial score (nSPS) is 10.9. The third-order valence-electron chi connectivity index (χ3n) is 3.16. The number of aromatic nitrogens is 2. The molecule has 0 amide bonds. The Balaban J connectivity index is 2.31. The number of nitrogens with zero attached hydrogens (tertiary/aromatic N) is 2. The maximum absolute atomic E-state index is 11.3. The first-order chi connectivity index (χ1) is 9.58. The summed E-state index contributed by atoms with van der Waals surface area (Å²) >= 11 is 6.11. The van der Waals surface area contributed by atoms with Crippen molar-refractivity contribution in [3.05, 3.63) is 58.9 Å². The number of pyridine rings is 1. The number of carbonyl (C=O) groups is 1. The van der Waals surface area contributed by atoms with Gasteiger partial charge in [0.15, 0.2) is 5.15 Å². The fourth-order valence-electron chi connectivity index (χ4n) is 2.17. The van der Waals surface area contributed by atoms with Gasteiger partial charge in [-0.05, 0) is 19.1 Å². The van der Waals surface area contributed by atoms with Gasteiger partial charge in [0.05, 0.1) is 11.1 Å². The van der Waals surface area contributed by atoms with Crippen LogP contribution < -0.4 is 0 Å². The molecule has 5 heteroatoms. The van der Waals surface area contributed by atoms with Crippen LogP contribution in [0.2, 0.25) is 5.15 Å². The number of aromatic carboxylic acids is 1. The van der Waals surface area contributed by atoms with E-state index < -0.39 is 5.97 Å². The van der Waals surface area contributed by atoms with Gasteiger partial charge in [0.25, 0.3) is 0 Å². The maximum Gasteiger partial charge on any atom is 0.337 e. The molecule has 0 bridgehead atoms. The molecule has 0 saturated carbocycles. The van der Waals surface area contributed by atoms with Crippen molar-refractivity contribution in [1.82, 2.24) is 9.38 Å². The van der Waals surface area contributed by atoms with Crippen LogP contribution in [0.25, 0.3) is 16.9 Å². The van der Waals surface area contributed by atoms with E-state index in [9.17, 15) is 9.90 Å². The van der Waals surface area contributed by atoms with E-state index in [1.54, 1.807) is 16.7 Å². The zero-order valence-corrected chi connectivity index (χ0v) is 11.4. The van der Waals surface area contributed by atoms with Crippen LogP contribution in [0.1, 0.15) is 15.9 Å². The second-order valence-electron chi connectivity index (χ2n) is 4.54. The zero-order chi connectivity index (χ0) is 14.3. The van der Waals surface area contributed by atoms with Gasteiger partial charge < -0.3 is 5.11 Å². The van der Waals surface area contributed by atoms with E-state index in [1.807, 2.05) is 31.2 Å². The number of aryl methyl sites for hydroxylation is 1. The summed E-state index contributed by atoms with van der Waals surface area (Å²) < 4.78 is 1.70. The number of hydrogen-bond donors (Lipinski definition) is 1. The monoisotopic (exact) mass is 286 g/mol. The highest BCUT2D eigenvalue weighted by molar-refractivity contribution is 6.33. The largest absolute Gasteiger partial charge is 0.478 e. The number of carboxylic acid groups (broad SMARTS) is 1. The number of hydrogen-bond acceptors (Lipinski definition) is 2. The van der Waals surface area contributed by atoms with Crippen LogP contribution >= 0.6 is 11.6 Å². The Morgan fingerprint density at radius 3 is 2.60 bits per heavy atom. The topological polar surface area (TPSA) is 54.6 Å². The van der Waals surface area contributed by atoms with Crippen LogP contribution in [0.3, 0.4) is 0 Å². The summed E-state index contributed by atoms with van der Waals surface area (Å²) in [5.41, 5.74) is 2.59. The molecule has 0 radical (unpaired) electrons. The predicted octanol–water partition coefficient (Wildman–Crippen LogP) is 3.66. The van der Waals surface area contributed by atoms with E-state index in [0.717, 1.165) is 11.1 Å². The molecule has 0 unspecified atom stereocenters. The average Bonchev–Trinajstić information content (AvgIpc) is 2.77. The van der Waals surface area contributed by atoms with Crippen LogP contribution in [-0.2, 0) is 0 Å². The number of rotatable bonds is 2. The number of benzene rings is 1.